The van der Waals surface area contributed by atoms with Crippen LogP contribution < -0.4 is 10.1 Å². The number of aromatic nitrogens is 4. The van der Waals surface area contributed by atoms with Crippen LogP contribution in [0.3, 0.4) is 0 Å². The fourth-order valence-corrected chi connectivity index (χ4v) is 3.54. The number of nitrogens with zero attached hydrogens (tertiary/aromatic N) is 5. The van der Waals surface area contributed by atoms with Gasteiger partial charge in [-0.25, -0.2) is 14.6 Å². The molecule has 8 nitrogen and oxygen atoms in total. The molecule has 1 saturated carbocycles. The molecule has 29 heavy (non-hydrogen) atoms. The summed E-state index contributed by atoms with van der Waals surface area (Å²) < 4.78 is 7.37. The summed E-state index contributed by atoms with van der Waals surface area (Å²) in [5.41, 5.74) is 2.90. The van der Waals surface area contributed by atoms with E-state index >= 15 is 0 Å². The monoisotopic (exact) mass is 390 g/mol. The second kappa shape index (κ2) is 7.17. The fourth-order valence-electron chi connectivity index (χ4n) is 3.54. The number of fused-ring (bicyclic) bond motifs is 1. The van der Waals surface area contributed by atoms with Gasteiger partial charge in [0.2, 0.25) is 5.88 Å². The van der Waals surface area contributed by atoms with Gasteiger partial charge in [0.25, 0.3) is 5.91 Å². The van der Waals surface area contributed by atoms with Crippen molar-refractivity contribution in [1.82, 2.24) is 25.1 Å². The molecule has 0 spiro atoms. The zero-order chi connectivity index (χ0) is 20.6. The number of carbonyl (C=O) groups excluding carboxylic acids is 1. The molecule has 148 valence electrons. The molecule has 2 aromatic heterocycles. The molecule has 3 aromatic rings. The highest BCUT2D eigenvalue weighted by Crippen LogP contribution is 2.39. The maximum Gasteiger partial charge on any atom is 0.259 e. The van der Waals surface area contributed by atoms with Crippen LogP contribution in [-0.4, -0.2) is 37.8 Å². The summed E-state index contributed by atoms with van der Waals surface area (Å²) in [7, 11) is 0. The minimum absolute atomic E-state index is 0.207. The molecule has 1 fully saturated rings. The smallest absolute Gasteiger partial charge is 0.259 e. The number of hydrogen-bond donors (Lipinski definition) is 1. The third kappa shape index (κ3) is 3.76. The van der Waals surface area contributed by atoms with Crippen molar-refractivity contribution in [2.24, 2.45) is 5.92 Å². The van der Waals surface area contributed by atoms with Crippen molar-refractivity contribution in [3.63, 3.8) is 0 Å². The van der Waals surface area contributed by atoms with Gasteiger partial charge in [-0.15, -0.1) is 0 Å². The second-order valence-corrected chi connectivity index (χ2v) is 7.74. The van der Waals surface area contributed by atoms with Crippen LogP contribution in [0.1, 0.15) is 30.9 Å². The molecule has 0 radical (unpaired) electrons. The summed E-state index contributed by atoms with van der Waals surface area (Å²) >= 11 is 0. The lowest BCUT2D eigenvalue weighted by molar-refractivity contribution is -0.124. The molecular weight excluding hydrogens is 368 g/mol. The largest absolute Gasteiger partial charge is 0.467 e. The van der Waals surface area contributed by atoms with E-state index in [0.29, 0.717) is 11.0 Å². The molecule has 0 saturated heterocycles. The number of nitriles is 1. The number of carbonyl (C=O) groups is 1. The Balaban J connectivity index is 1.54. The van der Waals surface area contributed by atoms with E-state index in [2.05, 4.69) is 32.5 Å². The lowest BCUT2D eigenvalue weighted by Crippen LogP contribution is -2.48. The summed E-state index contributed by atoms with van der Waals surface area (Å²) in [6, 6.07) is 8.34. The first-order chi connectivity index (χ1) is 13.9. The summed E-state index contributed by atoms with van der Waals surface area (Å²) in [6.07, 6.45) is 4.93. The molecule has 0 bridgehead atoms. The Labute approximate surface area is 168 Å². The zero-order valence-electron chi connectivity index (χ0n) is 16.6. The molecular formula is C21H22N6O2. The summed E-state index contributed by atoms with van der Waals surface area (Å²) in [4.78, 5) is 20.8. The van der Waals surface area contributed by atoms with E-state index in [1.165, 1.54) is 6.33 Å². The summed E-state index contributed by atoms with van der Waals surface area (Å²) in [6.45, 7) is 5.58. The van der Waals surface area contributed by atoms with Crippen LogP contribution in [-0.2, 0) is 4.79 Å². The van der Waals surface area contributed by atoms with E-state index in [9.17, 15) is 10.1 Å². The molecule has 1 aliphatic carbocycles. The lowest BCUT2D eigenvalue weighted by atomic mass is 9.98. The van der Waals surface area contributed by atoms with Crippen molar-refractivity contribution in [3.8, 4) is 17.6 Å². The molecule has 4 rings (SSSR count). The minimum Gasteiger partial charge on any atom is -0.467 e. The van der Waals surface area contributed by atoms with E-state index in [1.54, 1.807) is 17.8 Å². The highest BCUT2D eigenvalue weighted by molar-refractivity contribution is 5.83. The zero-order valence-corrected chi connectivity index (χ0v) is 16.6. The Morgan fingerprint density at radius 1 is 1.31 bits per heavy atom. The lowest BCUT2D eigenvalue weighted by Gasteiger charge is -2.22. The molecule has 1 amide bonds. The Bertz CT molecular complexity index is 1110. The maximum absolute atomic E-state index is 12.3. The number of rotatable bonds is 6. The van der Waals surface area contributed by atoms with Crippen LogP contribution in [0.5, 0.6) is 5.88 Å². The van der Waals surface area contributed by atoms with Crippen molar-refractivity contribution in [3.05, 3.63) is 41.9 Å². The maximum atomic E-state index is 12.3. The highest BCUT2D eigenvalue weighted by atomic mass is 16.5. The first kappa shape index (κ1) is 18.9. The van der Waals surface area contributed by atoms with Gasteiger partial charge < -0.3 is 10.1 Å². The quantitative estimate of drug-likeness (QED) is 0.693. The van der Waals surface area contributed by atoms with E-state index in [4.69, 9.17) is 4.74 Å². The van der Waals surface area contributed by atoms with Crippen LogP contribution in [0.4, 0.5) is 0 Å². The first-order valence-corrected chi connectivity index (χ1v) is 9.52. The van der Waals surface area contributed by atoms with Crippen LogP contribution in [0, 0.1) is 31.1 Å². The van der Waals surface area contributed by atoms with Gasteiger partial charge in [0, 0.05) is 0 Å². The SMILES string of the molecule is Cc1cc(C)cc(-n2ncc3c(OCC(=O)NC(C)(C#N)C4CC4)ncnc32)c1. The van der Waals surface area contributed by atoms with Crippen molar-refractivity contribution >= 4 is 16.9 Å². The van der Waals surface area contributed by atoms with Crippen molar-refractivity contribution in [1.29, 1.82) is 5.26 Å². The van der Waals surface area contributed by atoms with E-state index in [0.717, 1.165) is 29.7 Å². The fraction of sp³-hybridized carbons (Fsp3) is 0.381. The standard InChI is InChI=1S/C21H22N6O2/c1-13-6-14(2)8-16(7-13)27-19-17(9-25-27)20(24-12-23-19)29-10-18(28)26-21(3,11-22)15-4-5-15/h6-9,12,15H,4-5,10H2,1-3H3,(H,26,28). The Hall–Kier alpha value is -3.47. The average molecular weight is 390 g/mol. The number of nitrogens with one attached hydrogen (secondary N) is 1. The Morgan fingerprint density at radius 3 is 2.69 bits per heavy atom. The molecule has 1 atom stereocenters. The molecule has 1 unspecified atom stereocenters. The van der Waals surface area contributed by atoms with Gasteiger partial charge in [-0.2, -0.15) is 10.4 Å². The Kier molecular flexibility index (Phi) is 4.66. The number of aryl methyl sites for hydroxylation is 2. The van der Waals surface area contributed by atoms with E-state index < -0.39 is 5.54 Å². The van der Waals surface area contributed by atoms with Gasteiger partial charge in [-0.3, -0.25) is 4.79 Å². The van der Waals surface area contributed by atoms with Crippen molar-refractivity contribution in [2.45, 2.75) is 39.2 Å². The summed E-state index contributed by atoms with van der Waals surface area (Å²) in [5.74, 6) is 0.137. The molecule has 1 aliphatic rings. The molecule has 8 heteroatoms. The number of benzene rings is 1. The van der Waals surface area contributed by atoms with Gasteiger partial charge >= 0.3 is 0 Å². The molecule has 0 aliphatic heterocycles. The summed E-state index contributed by atoms with van der Waals surface area (Å²) in [5, 5.41) is 17.2. The third-order valence-corrected chi connectivity index (χ3v) is 5.15. The highest BCUT2D eigenvalue weighted by Gasteiger charge is 2.43. The Morgan fingerprint density at radius 2 is 2.03 bits per heavy atom. The first-order valence-electron chi connectivity index (χ1n) is 9.52. The van der Waals surface area contributed by atoms with Crippen LogP contribution in [0.2, 0.25) is 0 Å². The molecule has 1 aromatic carbocycles. The minimum atomic E-state index is -0.852. The van der Waals surface area contributed by atoms with Gasteiger partial charge in [0.1, 0.15) is 17.3 Å². The predicted octanol–water partition coefficient (Wildman–Crippen LogP) is 2.62. The predicted molar refractivity (Wildman–Crippen MR) is 107 cm³/mol. The van der Waals surface area contributed by atoms with Gasteiger partial charge in [0.15, 0.2) is 12.3 Å². The topological polar surface area (TPSA) is 106 Å². The van der Waals surface area contributed by atoms with E-state index in [-0.39, 0.29) is 24.3 Å². The number of hydrogen-bond acceptors (Lipinski definition) is 6. The number of amides is 1. The van der Waals surface area contributed by atoms with Gasteiger partial charge in [0.05, 0.1) is 18.0 Å². The van der Waals surface area contributed by atoms with Crippen LogP contribution in [0.25, 0.3) is 16.7 Å². The molecule has 2 heterocycles. The van der Waals surface area contributed by atoms with E-state index in [1.807, 2.05) is 26.0 Å². The van der Waals surface area contributed by atoms with Crippen molar-refractivity contribution in [2.75, 3.05) is 6.61 Å². The normalized spacial score (nSPS) is 15.5. The van der Waals surface area contributed by atoms with Crippen LogP contribution >= 0.6 is 0 Å². The third-order valence-electron chi connectivity index (χ3n) is 5.15. The van der Waals surface area contributed by atoms with Gasteiger partial charge in [-0.1, -0.05) is 6.07 Å². The van der Waals surface area contributed by atoms with Crippen LogP contribution in [0.15, 0.2) is 30.7 Å². The van der Waals surface area contributed by atoms with Crippen molar-refractivity contribution < 1.29 is 9.53 Å². The average Bonchev–Trinajstić information content (AvgIpc) is 3.45. The number of ether oxygens (including phenoxy) is 1. The second-order valence-electron chi connectivity index (χ2n) is 7.74. The molecule has 1 N–H and O–H groups in total. The van der Waals surface area contributed by atoms with Gasteiger partial charge in [-0.05, 0) is 62.8 Å².